The van der Waals surface area contributed by atoms with Crippen molar-refractivity contribution in [2.75, 3.05) is 0 Å². The maximum absolute atomic E-state index is 12.8. The summed E-state index contributed by atoms with van der Waals surface area (Å²) < 4.78 is 8.75. The van der Waals surface area contributed by atoms with Crippen LogP contribution in [-0.2, 0) is 7.05 Å². The van der Waals surface area contributed by atoms with Crippen LogP contribution in [0.3, 0.4) is 0 Å². The lowest BCUT2D eigenvalue weighted by Crippen LogP contribution is -2.19. The molecule has 0 aliphatic heterocycles. The molecule has 7 nitrogen and oxygen atoms in total. The van der Waals surface area contributed by atoms with E-state index in [1.807, 2.05) is 24.3 Å². The predicted octanol–water partition coefficient (Wildman–Crippen LogP) is 2.11. The second-order valence-electron chi connectivity index (χ2n) is 5.90. The van der Waals surface area contributed by atoms with Gasteiger partial charge in [-0.15, -0.1) is 0 Å². The smallest absolute Gasteiger partial charge is 0.278 e. The first-order valence-corrected chi connectivity index (χ1v) is 7.53. The fraction of sp³-hybridized carbons (Fsp3) is 0.250. The summed E-state index contributed by atoms with van der Waals surface area (Å²) in [4.78, 5) is 21.5. The van der Waals surface area contributed by atoms with Crippen molar-refractivity contribution >= 4 is 16.6 Å². The van der Waals surface area contributed by atoms with Gasteiger partial charge in [0.1, 0.15) is 11.8 Å². The van der Waals surface area contributed by atoms with Gasteiger partial charge >= 0.3 is 0 Å². The number of nitrogens with zero attached hydrogens (tertiary/aromatic N) is 5. The van der Waals surface area contributed by atoms with E-state index in [1.165, 1.54) is 0 Å². The zero-order chi connectivity index (χ0) is 15.6. The molecule has 4 aromatic rings. The van der Waals surface area contributed by atoms with E-state index >= 15 is 0 Å². The van der Waals surface area contributed by atoms with Gasteiger partial charge in [-0.25, -0.2) is 4.98 Å². The van der Waals surface area contributed by atoms with Crippen molar-refractivity contribution in [1.29, 1.82) is 0 Å². The molecule has 0 spiro atoms. The van der Waals surface area contributed by atoms with Gasteiger partial charge in [-0.1, -0.05) is 17.3 Å². The summed E-state index contributed by atoms with van der Waals surface area (Å²) >= 11 is 0. The second-order valence-corrected chi connectivity index (χ2v) is 5.90. The first-order valence-electron chi connectivity index (χ1n) is 7.53. The van der Waals surface area contributed by atoms with E-state index in [1.54, 1.807) is 22.3 Å². The first-order chi connectivity index (χ1) is 11.2. The maximum atomic E-state index is 12.8. The van der Waals surface area contributed by atoms with Crippen LogP contribution in [0.1, 0.15) is 24.6 Å². The highest BCUT2D eigenvalue weighted by Gasteiger charge is 2.30. The van der Waals surface area contributed by atoms with Crippen LogP contribution in [0.15, 0.2) is 39.9 Å². The van der Waals surface area contributed by atoms with Gasteiger partial charge in [0, 0.05) is 13.0 Å². The average Bonchev–Trinajstić information content (AvgIpc) is 3.14. The molecule has 0 bridgehead atoms. The number of aryl methyl sites for hydroxylation is 1. The van der Waals surface area contributed by atoms with Gasteiger partial charge in [0.25, 0.3) is 11.4 Å². The highest BCUT2D eigenvalue weighted by molar-refractivity contribution is 5.83. The Morgan fingerprint density at radius 3 is 2.78 bits per heavy atom. The quantitative estimate of drug-likeness (QED) is 0.567. The zero-order valence-corrected chi connectivity index (χ0v) is 12.4. The van der Waals surface area contributed by atoms with Crippen molar-refractivity contribution in [3.8, 4) is 11.6 Å². The topological polar surface area (TPSA) is 78.2 Å². The van der Waals surface area contributed by atoms with Crippen molar-refractivity contribution in [2.24, 2.45) is 7.05 Å². The van der Waals surface area contributed by atoms with Gasteiger partial charge in [0.2, 0.25) is 0 Å². The normalized spacial score (nSPS) is 14.8. The van der Waals surface area contributed by atoms with Crippen LogP contribution < -0.4 is 5.56 Å². The molecule has 1 aliphatic rings. The van der Waals surface area contributed by atoms with E-state index in [-0.39, 0.29) is 5.56 Å². The van der Waals surface area contributed by atoms with Crippen molar-refractivity contribution in [1.82, 2.24) is 24.1 Å². The van der Waals surface area contributed by atoms with Gasteiger partial charge in [-0.3, -0.25) is 9.20 Å². The van der Waals surface area contributed by atoms with Crippen molar-refractivity contribution in [3.63, 3.8) is 0 Å². The fourth-order valence-corrected chi connectivity index (χ4v) is 2.95. The average molecular weight is 307 g/mol. The number of aromatic nitrogens is 5. The molecule has 5 rings (SSSR count). The Hall–Kier alpha value is -2.96. The van der Waals surface area contributed by atoms with Gasteiger partial charge in [-0.2, -0.15) is 4.98 Å². The summed E-state index contributed by atoms with van der Waals surface area (Å²) in [6.07, 6.45) is 3.82. The lowest BCUT2D eigenvalue weighted by atomic mass is 10.2. The molecule has 1 saturated carbocycles. The summed E-state index contributed by atoms with van der Waals surface area (Å²) in [7, 11) is 1.75. The zero-order valence-electron chi connectivity index (χ0n) is 12.4. The molecule has 0 unspecified atom stereocenters. The van der Waals surface area contributed by atoms with Gasteiger partial charge in [0.05, 0.1) is 11.0 Å². The summed E-state index contributed by atoms with van der Waals surface area (Å²) in [5, 5.41) is 4.01. The molecule has 1 fully saturated rings. The van der Waals surface area contributed by atoms with Gasteiger partial charge < -0.3 is 9.09 Å². The molecule has 0 radical (unpaired) electrons. The predicted molar refractivity (Wildman–Crippen MR) is 83.2 cm³/mol. The minimum Gasteiger partial charge on any atom is -0.332 e. The van der Waals surface area contributed by atoms with Crippen molar-refractivity contribution < 1.29 is 4.52 Å². The third kappa shape index (κ3) is 1.70. The molecule has 0 saturated heterocycles. The van der Waals surface area contributed by atoms with E-state index in [0.717, 1.165) is 23.9 Å². The number of para-hydroxylation sites is 2. The summed E-state index contributed by atoms with van der Waals surface area (Å²) in [6.45, 7) is 0. The van der Waals surface area contributed by atoms with E-state index in [0.29, 0.717) is 28.8 Å². The molecule has 0 amide bonds. The monoisotopic (exact) mass is 307 g/mol. The molecular formula is C16H13N5O2. The van der Waals surface area contributed by atoms with Crippen LogP contribution in [0.5, 0.6) is 0 Å². The highest BCUT2D eigenvalue weighted by Crippen LogP contribution is 2.39. The Morgan fingerprint density at radius 1 is 1.22 bits per heavy atom. The van der Waals surface area contributed by atoms with Crippen LogP contribution in [-0.4, -0.2) is 24.1 Å². The Labute approximate surface area is 130 Å². The SMILES string of the molecule is Cn1c(=O)c2c(-c3nc(C4CC4)no3)ncn2c2ccccc21. The van der Waals surface area contributed by atoms with Crippen LogP contribution in [0, 0.1) is 0 Å². The second kappa shape index (κ2) is 4.28. The molecule has 114 valence electrons. The van der Waals surface area contributed by atoms with Crippen molar-refractivity contribution in [2.45, 2.75) is 18.8 Å². The summed E-state index contributed by atoms with van der Waals surface area (Å²) in [6, 6.07) is 7.71. The van der Waals surface area contributed by atoms with E-state index in [2.05, 4.69) is 15.1 Å². The summed E-state index contributed by atoms with van der Waals surface area (Å²) in [5.41, 5.74) is 2.51. The van der Waals surface area contributed by atoms with Crippen LogP contribution in [0.25, 0.3) is 28.1 Å². The fourth-order valence-electron chi connectivity index (χ4n) is 2.95. The minimum absolute atomic E-state index is 0.137. The molecule has 1 aromatic carbocycles. The third-order valence-electron chi connectivity index (χ3n) is 4.36. The van der Waals surface area contributed by atoms with E-state index in [4.69, 9.17) is 4.52 Å². The largest absolute Gasteiger partial charge is 0.332 e. The number of fused-ring (bicyclic) bond motifs is 3. The molecule has 23 heavy (non-hydrogen) atoms. The number of rotatable bonds is 2. The molecule has 0 N–H and O–H groups in total. The van der Waals surface area contributed by atoms with Gasteiger partial charge in [0.15, 0.2) is 11.5 Å². The maximum Gasteiger partial charge on any atom is 0.278 e. The third-order valence-corrected chi connectivity index (χ3v) is 4.36. The highest BCUT2D eigenvalue weighted by atomic mass is 16.5. The summed E-state index contributed by atoms with van der Waals surface area (Å²) in [5.74, 6) is 1.41. The standard InChI is InChI=1S/C16H13N5O2/c1-20-10-4-2-3-5-11(10)21-8-17-12(13(21)16(20)22)15-18-14(19-23-15)9-6-7-9/h2-5,8-9H,6-7H2,1H3. The Balaban J connectivity index is 1.84. The number of benzene rings is 1. The number of hydrogen-bond acceptors (Lipinski definition) is 5. The van der Waals surface area contributed by atoms with Crippen LogP contribution >= 0.6 is 0 Å². The van der Waals surface area contributed by atoms with Crippen molar-refractivity contribution in [3.05, 3.63) is 46.8 Å². The number of hydrogen-bond donors (Lipinski definition) is 0. The first kappa shape index (κ1) is 12.6. The molecule has 1 aliphatic carbocycles. The molecular weight excluding hydrogens is 294 g/mol. The Kier molecular flexibility index (Phi) is 2.34. The Morgan fingerprint density at radius 2 is 2.00 bits per heavy atom. The van der Waals surface area contributed by atoms with Gasteiger partial charge in [-0.05, 0) is 25.0 Å². The molecule has 0 atom stereocenters. The Bertz CT molecular complexity index is 1120. The number of imidazole rings is 1. The van der Waals surface area contributed by atoms with E-state index < -0.39 is 0 Å². The minimum atomic E-state index is -0.137. The van der Waals surface area contributed by atoms with Crippen LogP contribution in [0.2, 0.25) is 0 Å². The lowest BCUT2D eigenvalue weighted by Gasteiger charge is -2.07. The lowest BCUT2D eigenvalue weighted by molar-refractivity contribution is 0.422. The van der Waals surface area contributed by atoms with Crippen LogP contribution in [0.4, 0.5) is 0 Å². The van der Waals surface area contributed by atoms with E-state index in [9.17, 15) is 4.79 Å². The molecule has 3 heterocycles. The molecule has 7 heteroatoms. The molecule has 3 aromatic heterocycles.